The molecule has 0 aliphatic rings. The summed E-state index contributed by atoms with van der Waals surface area (Å²) in [5.41, 5.74) is 2.80. The monoisotopic (exact) mass is 311 g/mol. The minimum Gasteiger partial charge on any atom is -0.481 e. The van der Waals surface area contributed by atoms with E-state index in [2.05, 4.69) is 5.32 Å². The van der Waals surface area contributed by atoms with Crippen LogP contribution in [0, 0.1) is 6.92 Å². The number of carbonyl (C=O) groups is 2. The Morgan fingerprint density at radius 2 is 1.57 bits per heavy atom. The van der Waals surface area contributed by atoms with Gasteiger partial charge in [0, 0.05) is 5.69 Å². The van der Waals surface area contributed by atoms with E-state index in [1.165, 1.54) is 0 Å². The SMILES string of the molecule is Cc1ccc(C(C)(C)C(=O)Nc2ccc(CC(=O)O)cc2)cc1. The van der Waals surface area contributed by atoms with Crippen LogP contribution in [-0.2, 0) is 21.4 Å². The molecule has 0 atom stereocenters. The molecular weight excluding hydrogens is 290 g/mol. The molecule has 0 aliphatic heterocycles. The van der Waals surface area contributed by atoms with Gasteiger partial charge >= 0.3 is 5.97 Å². The number of nitrogens with one attached hydrogen (secondary N) is 1. The van der Waals surface area contributed by atoms with Gasteiger partial charge in [-0.05, 0) is 44.0 Å². The molecule has 2 aromatic rings. The van der Waals surface area contributed by atoms with E-state index < -0.39 is 11.4 Å². The van der Waals surface area contributed by atoms with Crippen molar-refractivity contribution in [3.8, 4) is 0 Å². The summed E-state index contributed by atoms with van der Waals surface area (Å²) < 4.78 is 0. The zero-order valence-corrected chi connectivity index (χ0v) is 13.6. The Balaban J connectivity index is 2.11. The van der Waals surface area contributed by atoms with Gasteiger partial charge in [-0.25, -0.2) is 0 Å². The van der Waals surface area contributed by atoms with Crippen LogP contribution in [0.5, 0.6) is 0 Å². The lowest BCUT2D eigenvalue weighted by Gasteiger charge is -2.24. The maximum absolute atomic E-state index is 12.6. The van der Waals surface area contributed by atoms with Crippen LogP contribution in [0.1, 0.15) is 30.5 Å². The number of benzene rings is 2. The van der Waals surface area contributed by atoms with Crippen molar-refractivity contribution in [2.45, 2.75) is 32.6 Å². The quantitative estimate of drug-likeness (QED) is 0.887. The highest BCUT2D eigenvalue weighted by Crippen LogP contribution is 2.25. The lowest BCUT2D eigenvalue weighted by atomic mass is 9.83. The zero-order chi connectivity index (χ0) is 17.0. The van der Waals surface area contributed by atoms with Crippen molar-refractivity contribution in [2.75, 3.05) is 5.32 Å². The maximum Gasteiger partial charge on any atom is 0.307 e. The lowest BCUT2D eigenvalue weighted by Crippen LogP contribution is -2.34. The van der Waals surface area contributed by atoms with Crippen molar-refractivity contribution in [2.24, 2.45) is 0 Å². The molecule has 0 saturated carbocycles. The maximum atomic E-state index is 12.6. The summed E-state index contributed by atoms with van der Waals surface area (Å²) in [6.07, 6.45) is -0.0247. The van der Waals surface area contributed by atoms with E-state index in [9.17, 15) is 9.59 Å². The Kier molecular flexibility index (Phi) is 4.84. The van der Waals surface area contributed by atoms with Crippen molar-refractivity contribution < 1.29 is 14.7 Å². The first-order chi connectivity index (χ1) is 10.8. The fourth-order valence-electron chi connectivity index (χ4n) is 2.27. The van der Waals surface area contributed by atoms with E-state index in [1.807, 2.05) is 45.0 Å². The minimum atomic E-state index is -0.873. The number of amides is 1. The molecule has 2 aromatic carbocycles. The van der Waals surface area contributed by atoms with Crippen LogP contribution in [0.15, 0.2) is 48.5 Å². The highest BCUT2D eigenvalue weighted by molar-refractivity contribution is 5.98. The summed E-state index contributed by atoms with van der Waals surface area (Å²) in [6, 6.07) is 14.8. The number of hydrogen-bond donors (Lipinski definition) is 2. The van der Waals surface area contributed by atoms with Crippen molar-refractivity contribution in [1.29, 1.82) is 0 Å². The lowest BCUT2D eigenvalue weighted by molar-refractivity contribution is -0.136. The molecule has 0 unspecified atom stereocenters. The molecular formula is C19H21NO3. The third-order valence-electron chi connectivity index (χ3n) is 3.91. The molecule has 120 valence electrons. The van der Waals surface area contributed by atoms with Gasteiger partial charge in [0.05, 0.1) is 11.8 Å². The Labute approximate surface area is 136 Å². The molecule has 0 saturated heterocycles. The molecule has 0 aliphatic carbocycles. The molecule has 0 heterocycles. The van der Waals surface area contributed by atoms with Crippen LogP contribution in [0.3, 0.4) is 0 Å². The van der Waals surface area contributed by atoms with Crippen LogP contribution < -0.4 is 5.32 Å². The number of hydrogen-bond acceptors (Lipinski definition) is 2. The van der Waals surface area contributed by atoms with E-state index in [0.717, 1.165) is 11.1 Å². The van der Waals surface area contributed by atoms with Crippen molar-refractivity contribution in [1.82, 2.24) is 0 Å². The van der Waals surface area contributed by atoms with Gasteiger partial charge in [-0.15, -0.1) is 0 Å². The third-order valence-corrected chi connectivity index (χ3v) is 3.91. The summed E-state index contributed by atoms with van der Waals surface area (Å²) in [7, 11) is 0. The number of rotatable bonds is 5. The van der Waals surface area contributed by atoms with Crippen molar-refractivity contribution >= 4 is 17.6 Å². The Morgan fingerprint density at radius 1 is 1.00 bits per heavy atom. The van der Waals surface area contributed by atoms with Gasteiger partial charge in [-0.2, -0.15) is 0 Å². The fraction of sp³-hybridized carbons (Fsp3) is 0.263. The second kappa shape index (κ2) is 6.65. The summed E-state index contributed by atoms with van der Waals surface area (Å²) in [4.78, 5) is 23.3. The topological polar surface area (TPSA) is 66.4 Å². The molecule has 4 nitrogen and oxygen atoms in total. The average molecular weight is 311 g/mol. The molecule has 0 radical (unpaired) electrons. The number of aliphatic carboxylic acids is 1. The normalized spacial score (nSPS) is 11.1. The molecule has 4 heteroatoms. The molecule has 0 fully saturated rings. The Morgan fingerprint density at radius 3 is 2.09 bits per heavy atom. The van der Waals surface area contributed by atoms with Gasteiger partial charge in [0.15, 0.2) is 0 Å². The predicted octanol–water partition coefficient (Wildman–Crippen LogP) is 3.54. The van der Waals surface area contributed by atoms with Crippen molar-refractivity contribution in [3.63, 3.8) is 0 Å². The van der Waals surface area contributed by atoms with E-state index in [-0.39, 0.29) is 12.3 Å². The van der Waals surface area contributed by atoms with E-state index >= 15 is 0 Å². The minimum absolute atomic E-state index is 0.0247. The van der Waals surface area contributed by atoms with Crippen LogP contribution in [0.2, 0.25) is 0 Å². The summed E-state index contributed by atoms with van der Waals surface area (Å²) >= 11 is 0. The molecule has 0 aromatic heterocycles. The van der Waals surface area contributed by atoms with Crippen LogP contribution >= 0.6 is 0 Å². The van der Waals surface area contributed by atoms with Crippen LogP contribution in [0.25, 0.3) is 0 Å². The molecule has 2 rings (SSSR count). The zero-order valence-electron chi connectivity index (χ0n) is 13.6. The van der Waals surface area contributed by atoms with Gasteiger partial charge < -0.3 is 10.4 Å². The third kappa shape index (κ3) is 4.19. The van der Waals surface area contributed by atoms with E-state index in [0.29, 0.717) is 11.3 Å². The summed E-state index contributed by atoms with van der Waals surface area (Å²) in [6.45, 7) is 5.77. The summed E-state index contributed by atoms with van der Waals surface area (Å²) in [5, 5.41) is 11.7. The first kappa shape index (κ1) is 16.7. The smallest absolute Gasteiger partial charge is 0.307 e. The highest BCUT2D eigenvalue weighted by atomic mass is 16.4. The van der Waals surface area contributed by atoms with Gasteiger partial charge in [0.2, 0.25) is 5.91 Å². The van der Waals surface area contributed by atoms with Gasteiger partial charge in [0.1, 0.15) is 0 Å². The molecule has 2 N–H and O–H groups in total. The molecule has 0 bridgehead atoms. The number of carboxylic acids is 1. The number of aryl methyl sites for hydroxylation is 1. The van der Waals surface area contributed by atoms with Gasteiger partial charge in [0.25, 0.3) is 0 Å². The molecule has 1 amide bonds. The van der Waals surface area contributed by atoms with Crippen LogP contribution in [0.4, 0.5) is 5.69 Å². The molecule has 23 heavy (non-hydrogen) atoms. The summed E-state index contributed by atoms with van der Waals surface area (Å²) in [5.74, 6) is -0.977. The second-order valence-corrected chi connectivity index (χ2v) is 6.21. The first-order valence-electron chi connectivity index (χ1n) is 7.48. The second-order valence-electron chi connectivity index (χ2n) is 6.21. The number of carboxylic acid groups (broad SMARTS) is 1. The van der Waals surface area contributed by atoms with Crippen molar-refractivity contribution in [3.05, 3.63) is 65.2 Å². The largest absolute Gasteiger partial charge is 0.481 e. The molecule has 0 spiro atoms. The predicted molar refractivity (Wildman–Crippen MR) is 90.6 cm³/mol. The number of carbonyl (C=O) groups excluding carboxylic acids is 1. The van der Waals surface area contributed by atoms with E-state index in [4.69, 9.17) is 5.11 Å². The Bertz CT molecular complexity index is 700. The van der Waals surface area contributed by atoms with Crippen LogP contribution in [-0.4, -0.2) is 17.0 Å². The van der Waals surface area contributed by atoms with E-state index in [1.54, 1.807) is 24.3 Å². The number of anilines is 1. The fourth-order valence-corrected chi connectivity index (χ4v) is 2.27. The first-order valence-corrected chi connectivity index (χ1v) is 7.48. The highest BCUT2D eigenvalue weighted by Gasteiger charge is 2.29. The van der Waals surface area contributed by atoms with Gasteiger partial charge in [-0.3, -0.25) is 9.59 Å². The Hall–Kier alpha value is -2.62. The van der Waals surface area contributed by atoms with Gasteiger partial charge in [-0.1, -0.05) is 42.0 Å². The average Bonchev–Trinajstić information content (AvgIpc) is 2.49. The standard InChI is InChI=1S/C19H21NO3/c1-13-4-8-15(9-5-13)19(2,3)18(23)20-16-10-6-14(7-11-16)12-17(21)22/h4-11H,12H2,1-3H3,(H,20,23)(H,21,22).